The molecular formula is C23H30ClN3O5S. The van der Waals surface area contributed by atoms with Crippen molar-refractivity contribution in [1.29, 1.82) is 0 Å². The zero-order chi connectivity index (χ0) is 24.8. The number of amides is 2. The minimum atomic E-state index is -3.83. The summed E-state index contributed by atoms with van der Waals surface area (Å²) in [7, 11) is -0.882. The van der Waals surface area contributed by atoms with Crippen LogP contribution < -0.4 is 14.4 Å². The molecule has 0 unspecified atom stereocenters. The van der Waals surface area contributed by atoms with Gasteiger partial charge < -0.3 is 15.0 Å². The van der Waals surface area contributed by atoms with Crippen LogP contribution in [-0.4, -0.2) is 58.1 Å². The standard InChI is InChI=1S/C23H30ClN3O5S/c1-6-20(23(29)25-3)26(14-17-9-7-16(2)8-10-17)22(28)15-27(33(5,30)31)18-11-12-21(32-4)19(24)13-18/h7-13,20H,6,14-15H2,1-5H3,(H,25,29)/t20-/m1/s1. The number of benzene rings is 2. The maximum Gasteiger partial charge on any atom is 0.244 e. The second-order valence-electron chi connectivity index (χ2n) is 7.63. The van der Waals surface area contributed by atoms with Crippen LogP contribution in [0.25, 0.3) is 0 Å². The number of sulfonamides is 1. The molecule has 33 heavy (non-hydrogen) atoms. The number of anilines is 1. The number of aryl methyl sites for hydroxylation is 1. The van der Waals surface area contributed by atoms with E-state index in [1.165, 1.54) is 37.3 Å². The second kappa shape index (κ2) is 11.4. The fourth-order valence-electron chi connectivity index (χ4n) is 3.40. The van der Waals surface area contributed by atoms with E-state index in [4.69, 9.17) is 16.3 Å². The first kappa shape index (κ1) is 26.5. The first-order valence-corrected chi connectivity index (χ1v) is 12.6. The van der Waals surface area contributed by atoms with Crippen LogP contribution in [0.1, 0.15) is 24.5 Å². The average molecular weight is 496 g/mol. The lowest BCUT2D eigenvalue weighted by molar-refractivity contribution is -0.140. The van der Waals surface area contributed by atoms with Crippen LogP contribution in [0.5, 0.6) is 5.75 Å². The third-order valence-electron chi connectivity index (χ3n) is 5.21. The van der Waals surface area contributed by atoms with E-state index in [1.54, 1.807) is 6.92 Å². The highest BCUT2D eigenvalue weighted by Gasteiger charge is 2.31. The predicted octanol–water partition coefficient (Wildman–Crippen LogP) is 2.98. The summed E-state index contributed by atoms with van der Waals surface area (Å²) < 4.78 is 31.3. The van der Waals surface area contributed by atoms with Crippen molar-refractivity contribution in [1.82, 2.24) is 10.2 Å². The van der Waals surface area contributed by atoms with Crippen molar-refractivity contribution < 1.29 is 22.7 Å². The molecule has 0 aliphatic rings. The smallest absolute Gasteiger partial charge is 0.244 e. The van der Waals surface area contributed by atoms with E-state index >= 15 is 0 Å². The summed E-state index contributed by atoms with van der Waals surface area (Å²) in [5, 5.41) is 2.80. The fourth-order valence-corrected chi connectivity index (χ4v) is 4.49. The lowest BCUT2D eigenvalue weighted by Gasteiger charge is -2.32. The van der Waals surface area contributed by atoms with E-state index in [9.17, 15) is 18.0 Å². The van der Waals surface area contributed by atoms with Gasteiger partial charge in [-0.3, -0.25) is 13.9 Å². The maximum atomic E-state index is 13.5. The molecule has 0 aliphatic heterocycles. The third-order valence-corrected chi connectivity index (χ3v) is 6.64. The summed E-state index contributed by atoms with van der Waals surface area (Å²) in [4.78, 5) is 27.4. The molecular weight excluding hydrogens is 466 g/mol. The molecule has 10 heteroatoms. The van der Waals surface area contributed by atoms with Crippen LogP contribution in [0.4, 0.5) is 5.69 Å². The van der Waals surface area contributed by atoms with Gasteiger partial charge in [0.25, 0.3) is 0 Å². The molecule has 8 nitrogen and oxygen atoms in total. The summed E-state index contributed by atoms with van der Waals surface area (Å²) >= 11 is 6.18. The molecule has 2 amide bonds. The van der Waals surface area contributed by atoms with Crippen molar-refractivity contribution in [3.8, 4) is 5.75 Å². The maximum absolute atomic E-state index is 13.5. The first-order chi connectivity index (χ1) is 15.5. The number of halogens is 1. The Morgan fingerprint density at radius 2 is 1.79 bits per heavy atom. The van der Waals surface area contributed by atoms with Crippen molar-refractivity contribution in [3.63, 3.8) is 0 Å². The van der Waals surface area contributed by atoms with Crippen molar-refractivity contribution in [2.24, 2.45) is 0 Å². The number of nitrogens with one attached hydrogen (secondary N) is 1. The van der Waals surface area contributed by atoms with Gasteiger partial charge in [0, 0.05) is 13.6 Å². The molecule has 2 aromatic rings. The van der Waals surface area contributed by atoms with Crippen LogP contribution in [-0.2, 0) is 26.2 Å². The number of methoxy groups -OCH3 is 1. The fraction of sp³-hybridized carbons (Fsp3) is 0.391. The van der Waals surface area contributed by atoms with Crippen LogP contribution >= 0.6 is 11.6 Å². The number of ether oxygens (including phenoxy) is 1. The predicted molar refractivity (Wildman–Crippen MR) is 130 cm³/mol. The zero-order valence-electron chi connectivity index (χ0n) is 19.5. The second-order valence-corrected chi connectivity index (χ2v) is 9.95. The molecule has 0 bridgehead atoms. The number of carbonyl (C=O) groups is 2. The van der Waals surface area contributed by atoms with Crippen LogP contribution in [0.2, 0.25) is 5.02 Å². The number of carbonyl (C=O) groups excluding carboxylic acids is 2. The lowest BCUT2D eigenvalue weighted by atomic mass is 10.1. The van der Waals surface area contributed by atoms with Crippen LogP contribution in [0.15, 0.2) is 42.5 Å². The van der Waals surface area contributed by atoms with Gasteiger partial charge in [0.1, 0.15) is 18.3 Å². The molecule has 0 aliphatic carbocycles. The third kappa shape index (κ3) is 6.85. The summed E-state index contributed by atoms with van der Waals surface area (Å²) in [5.74, 6) is -0.452. The largest absolute Gasteiger partial charge is 0.495 e. The average Bonchev–Trinajstić information content (AvgIpc) is 2.77. The monoisotopic (exact) mass is 495 g/mol. The number of nitrogens with zero attached hydrogens (tertiary/aromatic N) is 2. The van der Waals surface area contributed by atoms with E-state index < -0.39 is 28.5 Å². The van der Waals surface area contributed by atoms with Gasteiger partial charge in [0.05, 0.1) is 24.1 Å². The summed E-state index contributed by atoms with van der Waals surface area (Å²) in [5.41, 5.74) is 2.12. The van der Waals surface area contributed by atoms with Gasteiger partial charge in [-0.25, -0.2) is 8.42 Å². The van der Waals surface area contributed by atoms with E-state index in [-0.39, 0.29) is 23.2 Å². The van der Waals surface area contributed by atoms with Gasteiger partial charge >= 0.3 is 0 Å². The highest BCUT2D eigenvalue weighted by molar-refractivity contribution is 7.92. The van der Waals surface area contributed by atoms with Gasteiger partial charge in [-0.15, -0.1) is 0 Å². The number of rotatable bonds is 10. The van der Waals surface area contributed by atoms with E-state index in [0.29, 0.717) is 12.2 Å². The Labute approximate surface area is 200 Å². The van der Waals surface area contributed by atoms with Crippen molar-refractivity contribution in [2.75, 3.05) is 31.3 Å². The zero-order valence-corrected chi connectivity index (χ0v) is 21.0. The molecule has 1 N–H and O–H groups in total. The highest BCUT2D eigenvalue weighted by atomic mass is 35.5. The molecule has 0 radical (unpaired) electrons. The van der Waals surface area contributed by atoms with Crippen molar-refractivity contribution in [3.05, 3.63) is 58.6 Å². The van der Waals surface area contributed by atoms with E-state index in [0.717, 1.165) is 21.7 Å². The van der Waals surface area contributed by atoms with E-state index in [1.807, 2.05) is 31.2 Å². The molecule has 0 heterocycles. The normalized spacial score (nSPS) is 12.1. The molecule has 0 saturated carbocycles. The van der Waals surface area contributed by atoms with Gasteiger partial charge in [-0.2, -0.15) is 0 Å². The number of hydrogen-bond donors (Lipinski definition) is 1. The Hall–Kier alpha value is -2.78. The SMILES string of the molecule is CC[C@H](C(=O)NC)N(Cc1ccc(C)cc1)C(=O)CN(c1ccc(OC)c(Cl)c1)S(C)(=O)=O. The highest BCUT2D eigenvalue weighted by Crippen LogP contribution is 2.30. The minimum absolute atomic E-state index is 0.159. The van der Waals surface area contributed by atoms with Crippen molar-refractivity contribution in [2.45, 2.75) is 32.9 Å². The van der Waals surface area contributed by atoms with Gasteiger partial charge in [-0.1, -0.05) is 48.4 Å². The Bertz CT molecular complexity index is 1090. The Morgan fingerprint density at radius 1 is 1.15 bits per heavy atom. The molecule has 0 saturated heterocycles. The molecule has 0 fully saturated rings. The molecule has 2 aromatic carbocycles. The quantitative estimate of drug-likeness (QED) is 0.546. The molecule has 180 valence electrons. The van der Waals surface area contributed by atoms with Gasteiger partial charge in [0.2, 0.25) is 21.8 Å². The Morgan fingerprint density at radius 3 is 2.27 bits per heavy atom. The summed E-state index contributed by atoms with van der Waals surface area (Å²) in [6.45, 7) is 3.43. The van der Waals surface area contributed by atoms with Gasteiger partial charge in [-0.05, 0) is 37.1 Å². The van der Waals surface area contributed by atoms with Gasteiger partial charge in [0.15, 0.2) is 0 Å². The molecule has 0 aromatic heterocycles. The minimum Gasteiger partial charge on any atom is -0.495 e. The van der Waals surface area contributed by atoms with Crippen molar-refractivity contribution >= 4 is 39.1 Å². The lowest BCUT2D eigenvalue weighted by Crippen LogP contribution is -2.51. The first-order valence-electron chi connectivity index (χ1n) is 10.4. The Balaban J connectivity index is 2.44. The van der Waals surface area contributed by atoms with E-state index in [2.05, 4.69) is 5.32 Å². The summed E-state index contributed by atoms with van der Waals surface area (Å²) in [6.07, 6.45) is 1.38. The topological polar surface area (TPSA) is 96.0 Å². The Kier molecular flexibility index (Phi) is 9.13. The molecule has 1 atom stereocenters. The molecule has 2 rings (SSSR count). The number of hydrogen-bond acceptors (Lipinski definition) is 5. The number of likely N-dealkylation sites (N-methyl/N-ethyl adjacent to an activating group) is 1. The van der Waals surface area contributed by atoms with Crippen LogP contribution in [0.3, 0.4) is 0 Å². The summed E-state index contributed by atoms with van der Waals surface area (Å²) in [6, 6.07) is 11.3. The molecule has 0 spiro atoms. The van der Waals surface area contributed by atoms with Crippen LogP contribution in [0, 0.1) is 6.92 Å².